The molecule has 0 spiro atoms. The van der Waals surface area contributed by atoms with Gasteiger partial charge in [-0.25, -0.2) is 0 Å². The van der Waals surface area contributed by atoms with Crippen LogP contribution in [0.5, 0.6) is 0 Å². The van der Waals surface area contributed by atoms with Crippen LogP contribution in [0.15, 0.2) is 18.3 Å². The monoisotopic (exact) mass is 228 g/mol. The number of hydrogen-bond acceptors (Lipinski definition) is 1. The van der Waals surface area contributed by atoms with Gasteiger partial charge in [-0.15, -0.1) is 11.6 Å². The van der Waals surface area contributed by atoms with E-state index < -0.39 is 0 Å². The summed E-state index contributed by atoms with van der Waals surface area (Å²) in [6, 6.07) is 3.98. The summed E-state index contributed by atoms with van der Waals surface area (Å²) in [6.07, 6.45) is 2.26. The van der Waals surface area contributed by atoms with Gasteiger partial charge in [-0.05, 0) is 12.1 Å². The third-order valence-corrected chi connectivity index (χ3v) is 2.57. The molecule has 0 saturated heterocycles. The summed E-state index contributed by atoms with van der Waals surface area (Å²) in [5.41, 5.74) is 1.04. The van der Waals surface area contributed by atoms with Gasteiger partial charge in [0, 0.05) is 36.2 Å². The summed E-state index contributed by atoms with van der Waals surface area (Å²) < 4.78 is 0. The molecule has 1 aromatic rings. The van der Waals surface area contributed by atoms with Gasteiger partial charge in [-0.1, -0.05) is 13.8 Å². The Morgan fingerprint density at radius 1 is 1.60 bits per heavy atom. The maximum atomic E-state index is 11.3. The smallest absolute Gasteiger partial charge is 0.221 e. The first-order valence-corrected chi connectivity index (χ1v) is 5.56. The van der Waals surface area contributed by atoms with Crippen molar-refractivity contribution in [3.63, 3.8) is 0 Å². The van der Waals surface area contributed by atoms with Crippen LogP contribution >= 0.6 is 11.6 Å². The molecule has 0 fully saturated rings. The van der Waals surface area contributed by atoms with Gasteiger partial charge < -0.3 is 10.3 Å². The molecule has 3 nitrogen and oxygen atoms in total. The molecule has 0 saturated carbocycles. The first-order valence-electron chi connectivity index (χ1n) is 5.03. The fourth-order valence-electron chi connectivity index (χ4n) is 1.34. The number of aromatic nitrogens is 1. The van der Waals surface area contributed by atoms with Gasteiger partial charge in [0.05, 0.1) is 0 Å². The van der Waals surface area contributed by atoms with Crippen molar-refractivity contribution in [1.82, 2.24) is 10.3 Å². The molecule has 15 heavy (non-hydrogen) atoms. The van der Waals surface area contributed by atoms with Crippen LogP contribution in [-0.2, 0) is 10.2 Å². The van der Waals surface area contributed by atoms with Gasteiger partial charge >= 0.3 is 0 Å². The Labute approximate surface area is 95.2 Å². The van der Waals surface area contributed by atoms with E-state index in [0.29, 0.717) is 18.8 Å². The van der Waals surface area contributed by atoms with Crippen LogP contribution in [0.25, 0.3) is 0 Å². The van der Waals surface area contributed by atoms with Crippen LogP contribution in [0.2, 0.25) is 0 Å². The van der Waals surface area contributed by atoms with Crippen molar-refractivity contribution in [2.75, 3.05) is 12.4 Å². The van der Waals surface area contributed by atoms with E-state index in [1.54, 1.807) is 0 Å². The Balaban J connectivity index is 2.47. The van der Waals surface area contributed by atoms with E-state index in [1.165, 1.54) is 0 Å². The third kappa shape index (κ3) is 3.59. The molecule has 1 rings (SSSR count). The molecule has 1 aromatic heterocycles. The Morgan fingerprint density at radius 3 is 2.87 bits per heavy atom. The molecule has 0 aliphatic rings. The topological polar surface area (TPSA) is 44.9 Å². The second kappa shape index (κ2) is 5.21. The lowest BCUT2D eigenvalue weighted by Gasteiger charge is -2.23. The minimum atomic E-state index is -0.0779. The van der Waals surface area contributed by atoms with Crippen molar-refractivity contribution in [2.45, 2.75) is 25.7 Å². The largest absolute Gasteiger partial charge is 0.364 e. The number of carbonyl (C=O) groups excluding carboxylic acids is 1. The van der Waals surface area contributed by atoms with Gasteiger partial charge in [-0.2, -0.15) is 0 Å². The summed E-state index contributed by atoms with van der Waals surface area (Å²) in [7, 11) is 0. The Morgan fingerprint density at radius 2 is 2.33 bits per heavy atom. The zero-order valence-electron chi connectivity index (χ0n) is 9.14. The highest BCUT2D eigenvalue weighted by molar-refractivity contribution is 6.18. The van der Waals surface area contributed by atoms with Crippen molar-refractivity contribution in [2.24, 2.45) is 0 Å². The van der Waals surface area contributed by atoms with E-state index >= 15 is 0 Å². The van der Waals surface area contributed by atoms with E-state index in [9.17, 15) is 4.79 Å². The zero-order chi connectivity index (χ0) is 11.3. The highest BCUT2D eigenvalue weighted by Crippen LogP contribution is 2.19. The molecule has 84 valence electrons. The first kappa shape index (κ1) is 12.1. The number of carbonyl (C=O) groups is 1. The molecule has 0 unspecified atom stereocenters. The molecule has 0 aliphatic carbocycles. The molecular formula is C11H17ClN2O. The minimum Gasteiger partial charge on any atom is -0.364 e. The summed E-state index contributed by atoms with van der Waals surface area (Å²) >= 11 is 5.48. The number of amides is 1. The fourth-order valence-corrected chi connectivity index (χ4v) is 1.51. The average molecular weight is 229 g/mol. The second-order valence-electron chi connectivity index (χ2n) is 4.18. The highest BCUT2D eigenvalue weighted by Gasteiger charge is 2.21. The first-order chi connectivity index (χ1) is 7.06. The standard InChI is InChI=1S/C11H17ClN2O/c1-11(2,9-4-3-7-13-9)8-14-10(15)5-6-12/h3-4,7,13H,5-6,8H2,1-2H3,(H,14,15). The average Bonchev–Trinajstić information content (AvgIpc) is 2.69. The molecule has 1 heterocycles. The van der Waals surface area contributed by atoms with E-state index in [0.717, 1.165) is 5.69 Å². The zero-order valence-corrected chi connectivity index (χ0v) is 9.90. The number of nitrogens with one attached hydrogen (secondary N) is 2. The number of halogens is 1. The van der Waals surface area contributed by atoms with Gasteiger partial charge in [0.1, 0.15) is 0 Å². The lowest BCUT2D eigenvalue weighted by atomic mass is 9.89. The Kier molecular flexibility index (Phi) is 4.21. The third-order valence-electron chi connectivity index (χ3n) is 2.38. The summed E-state index contributed by atoms with van der Waals surface area (Å²) in [4.78, 5) is 14.4. The number of rotatable bonds is 5. The van der Waals surface area contributed by atoms with Crippen LogP contribution < -0.4 is 5.32 Å². The lowest BCUT2D eigenvalue weighted by Crippen LogP contribution is -2.36. The maximum Gasteiger partial charge on any atom is 0.221 e. The lowest BCUT2D eigenvalue weighted by molar-refractivity contribution is -0.120. The number of alkyl halides is 1. The highest BCUT2D eigenvalue weighted by atomic mass is 35.5. The van der Waals surface area contributed by atoms with Crippen molar-refractivity contribution in [1.29, 1.82) is 0 Å². The second-order valence-corrected chi connectivity index (χ2v) is 4.56. The fraction of sp³-hybridized carbons (Fsp3) is 0.545. The van der Waals surface area contributed by atoms with Crippen molar-refractivity contribution in [3.05, 3.63) is 24.0 Å². The molecule has 0 bridgehead atoms. The summed E-state index contributed by atoms with van der Waals surface area (Å²) in [5.74, 6) is 0.374. The molecule has 0 aromatic carbocycles. The molecule has 4 heteroatoms. The molecule has 0 radical (unpaired) electrons. The van der Waals surface area contributed by atoms with Gasteiger partial charge in [0.2, 0.25) is 5.91 Å². The van der Waals surface area contributed by atoms with Crippen molar-refractivity contribution < 1.29 is 4.79 Å². The van der Waals surface area contributed by atoms with Crippen LogP contribution in [0.1, 0.15) is 26.0 Å². The minimum absolute atomic E-state index is 0.00429. The maximum absolute atomic E-state index is 11.3. The van der Waals surface area contributed by atoms with Gasteiger partial charge in [0.25, 0.3) is 0 Å². The van der Waals surface area contributed by atoms with Gasteiger partial charge in [-0.3, -0.25) is 4.79 Å². The normalized spacial score (nSPS) is 11.4. The van der Waals surface area contributed by atoms with Gasteiger partial charge in [0.15, 0.2) is 0 Å². The quantitative estimate of drug-likeness (QED) is 0.745. The van der Waals surface area contributed by atoms with Crippen molar-refractivity contribution in [3.8, 4) is 0 Å². The molecule has 0 atom stereocenters. The number of aromatic amines is 1. The van der Waals surface area contributed by atoms with E-state index in [1.807, 2.05) is 18.3 Å². The Bertz CT molecular complexity index is 306. The SMILES string of the molecule is CC(C)(CNC(=O)CCCl)c1ccc[nH]1. The predicted molar refractivity (Wildman–Crippen MR) is 62.2 cm³/mol. The van der Waals surface area contributed by atoms with Crippen LogP contribution in [0.4, 0.5) is 0 Å². The molecule has 2 N–H and O–H groups in total. The number of hydrogen-bond donors (Lipinski definition) is 2. The van der Waals surface area contributed by atoms with Crippen LogP contribution in [-0.4, -0.2) is 23.3 Å². The predicted octanol–water partition coefficient (Wildman–Crippen LogP) is 2.04. The Hall–Kier alpha value is -0.960. The molecule has 1 amide bonds. The van der Waals surface area contributed by atoms with E-state index in [-0.39, 0.29) is 11.3 Å². The van der Waals surface area contributed by atoms with E-state index in [2.05, 4.69) is 24.1 Å². The number of H-pyrrole nitrogens is 1. The van der Waals surface area contributed by atoms with Crippen molar-refractivity contribution >= 4 is 17.5 Å². The van der Waals surface area contributed by atoms with Crippen LogP contribution in [0.3, 0.4) is 0 Å². The summed E-state index contributed by atoms with van der Waals surface area (Å²) in [5, 5.41) is 2.87. The molecular weight excluding hydrogens is 212 g/mol. The van der Waals surface area contributed by atoms with E-state index in [4.69, 9.17) is 11.6 Å². The van der Waals surface area contributed by atoms with Crippen LogP contribution in [0, 0.1) is 0 Å². The summed E-state index contributed by atoms with van der Waals surface area (Å²) in [6.45, 7) is 4.78. The molecule has 0 aliphatic heterocycles.